The average molecular weight is 481 g/mol. The SMILES string of the molecule is CC[C@@H](CO)N1C(=O)[C@@H]2[C@@H]3C(=O)OCCC=C[C@]3(C)O[C@@]23C=CCN(Cc2ccccc2)C(=O)C13. The van der Waals surface area contributed by atoms with E-state index in [-0.39, 0.29) is 25.0 Å². The van der Waals surface area contributed by atoms with Gasteiger partial charge < -0.3 is 24.4 Å². The highest BCUT2D eigenvalue weighted by Gasteiger charge is 2.75. The van der Waals surface area contributed by atoms with Gasteiger partial charge in [0.1, 0.15) is 17.6 Å². The number of hydrogen-bond donors (Lipinski definition) is 1. The minimum Gasteiger partial charge on any atom is -0.465 e. The fraction of sp³-hybridized carbons (Fsp3) is 0.519. The molecule has 0 saturated carbocycles. The zero-order chi connectivity index (χ0) is 24.8. The lowest BCUT2D eigenvalue weighted by atomic mass is 9.74. The summed E-state index contributed by atoms with van der Waals surface area (Å²) < 4.78 is 12.2. The number of fused-ring (bicyclic) bond motifs is 2. The molecule has 6 atom stereocenters. The number of ether oxygens (including phenoxy) is 2. The molecule has 2 fully saturated rings. The van der Waals surface area contributed by atoms with Crippen molar-refractivity contribution in [2.45, 2.75) is 56.5 Å². The predicted octanol–water partition coefficient (Wildman–Crippen LogP) is 1.83. The number of aliphatic hydroxyl groups excluding tert-OH is 1. The number of carbonyl (C=O) groups is 3. The first-order valence-corrected chi connectivity index (χ1v) is 12.3. The largest absolute Gasteiger partial charge is 0.465 e. The summed E-state index contributed by atoms with van der Waals surface area (Å²) in [5.41, 5.74) is -1.46. The Labute approximate surface area is 205 Å². The van der Waals surface area contributed by atoms with Gasteiger partial charge in [0.05, 0.1) is 30.8 Å². The van der Waals surface area contributed by atoms with Gasteiger partial charge >= 0.3 is 5.97 Å². The molecule has 0 bridgehead atoms. The van der Waals surface area contributed by atoms with Gasteiger partial charge in [0.25, 0.3) is 0 Å². The van der Waals surface area contributed by atoms with Crippen molar-refractivity contribution in [3.8, 4) is 0 Å². The average Bonchev–Trinajstić information content (AvgIpc) is 3.17. The van der Waals surface area contributed by atoms with Gasteiger partial charge in [0, 0.05) is 13.1 Å². The first kappa shape index (κ1) is 23.8. The quantitative estimate of drug-likeness (QED) is 0.510. The standard InChI is InChI=1S/C27H32N2O6/c1-3-19(17-30)29-22-24(32)28(16-18-10-5-4-6-11-18)14-9-13-27(22)20(23(29)31)21-25(33)34-15-8-7-12-26(21,2)35-27/h4-7,9-13,19-22,30H,3,8,14-17H2,1-2H3/t19-,20-,21+,22?,26-,27-/m0/s1. The number of benzene rings is 1. The first-order valence-electron chi connectivity index (χ1n) is 12.3. The molecule has 1 N–H and O–H groups in total. The molecular weight excluding hydrogens is 448 g/mol. The van der Waals surface area contributed by atoms with Crippen LogP contribution in [-0.4, -0.2) is 75.7 Å². The second kappa shape index (κ2) is 8.91. The lowest BCUT2D eigenvalue weighted by Crippen LogP contribution is -2.58. The van der Waals surface area contributed by atoms with Crippen LogP contribution < -0.4 is 0 Å². The Hall–Kier alpha value is -2.97. The van der Waals surface area contributed by atoms with Gasteiger partial charge in [-0.15, -0.1) is 0 Å². The molecule has 0 radical (unpaired) electrons. The van der Waals surface area contributed by atoms with Gasteiger partial charge in [0.15, 0.2) is 0 Å². The van der Waals surface area contributed by atoms with Crippen LogP contribution in [-0.2, 0) is 30.4 Å². The Morgan fingerprint density at radius 2 is 1.86 bits per heavy atom. The van der Waals surface area contributed by atoms with Crippen molar-refractivity contribution >= 4 is 17.8 Å². The summed E-state index contributed by atoms with van der Waals surface area (Å²) in [6, 6.07) is 8.11. The van der Waals surface area contributed by atoms with E-state index in [1.54, 1.807) is 11.8 Å². The number of rotatable bonds is 5. The molecule has 0 aromatic heterocycles. The van der Waals surface area contributed by atoms with Crippen LogP contribution in [0.3, 0.4) is 0 Å². The molecule has 1 spiro atoms. The normalized spacial score (nSPS) is 35.1. The summed E-state index contributed by atoms with van der Waals surface area (Å²) in [5, 5.41) is 10.1. The number of aliphatic hydroxyl groups is 1. The maximum Gasteiger partial charge on any atom is 0.313 e. The van der Waals surface area contributed by atoms with E-state index in [0.29, 0.717) is 25.9 Å². The Kier molecular flexibility index (Phi) is 6.05. The summed E-state index contributed by atoms with van der Waals surface area (Å²) in [4.78, 5) is 44.7. The molecule has 2 saturated heterocycles. The maximum atomic E-state index is 14.2. The third-order valence-electron chi connectivity index (χ3n) is 7.83. The summed E-state index contributed by atoms with van der Waals surface area (Å²) in [5.74, 6) is -2.92. The third-order valence-corrected chi connectivity index (χ3v) is 7.83. The highest BCUT2D eigenvalue weighted by molar-refractivity contribution is 5.99. The molecule has 1 aromatic rings. The van der Waals surface area contributed by atoms with Crippen molar-refractivity contribution in [1.82, 2.24) is 9.80 Å². The maximum absolute atomic E-state index is 14.2. The fourth-order valence-corrected chi connectivity index (χ4v) is 6.23. The smallest absolute Gasteiger partial charge is 0.313 e. The Morgan fingerprint density at radius 3 is 2.57 bits per heavy atom. The Balaban J connectivity index is 1.63. The van der Waals surface area contributed by atoms with Crippen LogP contribution in [0, 0.1) is 11.8 Å². The van der Waals surface area contributed by atoms with Crippen LogP contribution in [0.1, 0.15) is 32.3 Å². The highest BCUT2D eigenvalue weighted by atomic mass is 16.6. The van der Waals surface area contributed by atoms with E-state index >= 15 is 0 Å². The van der Waals surface area contributed by atoms with E-state index in [1.165, 1.54) is 4.90 Å². The van der Waals surface area contributed by atoms with Gasteiger partial charge in [-0.05, 0) is 25.3 Å². The lowest BCUT2D eigenvalue weighted by molar-refractivity contribution is -0.162. The second-order valence-corrected chi connectivity index (χ2v) is 9.95. The van der Waals surface area contributed by atoms with Gasteiger partial charge in [-0.25, -0.2) is 0 Å². The number of likely N-dealkylation sites (tertiary alicyclic amines) is 1. The topological polar surface area (TPSA) is 96.4 Å². The molecule has 0 aliphatic carbocycles. The van der Waals surface area contributed by atoms with Gasteiger partial charge in [-0.3, -0.25) is 14.4 Å². The molecule has 35 heavy (non-hydrogen) atoms. The summed E-state index contributed by atoms with van der Waals surface area (Å²) in [6.45, 7) is 4.33. The molecule has 1 unspecified atom stereocenters. The highest BCUT2D eigenvalue weighted by Crippen LogP contribution is 2.57. The van der Waals surface area contributed by atoms with Crippen LogP contribution in [0.2, 0.25) is 0 Å². The zero-order valence-electron chi connectivity index (χ0n) is 20.1. The number of nitrogens with zero attached hydrogens (tertiary/aromatic N) is 2. The molecule has 186 valence electrons. The number of esters is 1. The van der Waals surface area contributed by atoms with Crippen molar-refractivity contribution in [1.29, 1.82) is 0 Å². The third kappa shape index (κ3) is 3.62. The van der Waals surface area contributed by atoms with E-state index in [9.17, 15) is 19.5 Å². The van der Waals surface area contributed by atoms with Crippen molar-refractivity contribution in [3.05, 3.63) is 60.2 Å². The van der Waals surface area contributed by atoms with Crippen molar-refractivity contribution < 1.29 is 29.0 Å². The molecular formula is C27H32N2O6. The van der Waals surface area contributed by atoms with E-state index in [1.807, 2.05) is 61.6 Å². The second-order valence-electron chi connectivity index (χ2n) is 9.95. The summed E-state index contributed by atoms with van der Waals surface area (Å²) >= 11 is 0. The van der Waals surface area contributed by atoms with E-state index in [4.69, 9.17) is 9.47 Å². The van der Waals surface area contributed by atoms with Crippen LogP contribution >= 0.6 is 0 Å². The van der Waals surface area contributed by atoms with Crippen LogP contribution in [0.15, 0.2) is 54.6 Å². The molecule has 8 heteroatoms. The number of hydrogen-bond acceptors (Lipinski definition) is 6. The van der Waals surface area contributed by atoms with E-state index in [2.05, 4.69) is 0 Å². The Bertz CT molecular complexity index is 1070. The molecule has 2 amide bonds. The van der Waals surface area contributed by atoms with Crippen molar-refractivity contribution in [2.75, 3.05) is 19.8 Å². The molecule has 4 aliphatic rings. The molecule has 8 nitrogen and oxygen atoms in total. The summed E-state index contributed by atoms with van der Waals surface area (Å²) in [6.07, 6.45) is 8.44. The van der Waals surface area contributed by atoms with Gasteiger partial charge in [0.2, 0.25) is 11.8 Å². The predicted molar refractivity (Wildman–Crippen MR) is 127 cm³/mol. The number of cyclic esters (lactones) is 1. The molecule has 1 aromatic carbocycles. The summed E-state index contributed by atoms with van der Waals surface area (Å²) in [7, 11) is 0. The van der Waals surface area contributed by atoms with Gasteiger partial charge in [-0.1, -0.05) is 61.6 Å². The first-order chi connectivity index (χ1) is 16.9. The number of amides is 2. The van der Waals surface area contributed by atoms with Crippen molar-refractivity contribution in [2.24, 2.45) is 11.8 Å². The van der Waals surface area contributed by atoms with Gasteiger partial charge in [-0.2, -0.15) is 0 Å². The monoisotopic (exact) mass is 480 g/mol. The van der Waals surface area contributed by atoms with E-state index < -0.39 is 41.1 Å². The minimum atomic E-state index is -1.34. The molecule has 4 heterocycles. The molecule has 5 rings (SSSR count). The van der Waals surface area contributed by atoms with Crippen molar-refractivity contribution in [3.63, 3.8) is 0 Å². The van der Waals surface area contributed by atoms with Crippen LogP contribution in [0.5, 0.6) is 0 Å². The fourth-order valence-electron chi connectivity index (χ4n) is 6.23. The van der Waals surface area contributed by atoms with Crippen LogP contribution in [0.25, 0.3) is 0 Å². The lowest BCUT2D eigenvalue weighted by Gasteiger charge is -2.40. The van der Waals surface area contributed by atoms with E-state index in [0.717, 1.165) is 5.56 Å². The van der Waals surface area contributed by atoms with Crippen LogP contribution in [0.4, 0.5) is 0 Å². The minimum absolute atomic E-state index is 0.233. The number of carbonyl (C=O) groups excluding carboxylic acids is 3. The Morgan fingerprint density at radius 1 is 1.09 bits per heavy atom. The molecule has 4 aliphatic heterocycles. The zero-order valence-corrected chi connectivity index (χ0v) is 20.1.